The molecule has 0 unspecified atom stereocenters. The predicted molar refractivity (Wildman–Crippen MR) is 96.3 cm³/mol. The molecule has 2 aliphatic rings. The SMILES string of the molecule is FCC/C=C/C1CCC(C2CCC(c3ccc(F)cc3)CC2)CC1. The standard InChI is InChI=1S/C22H30F2/c23-16-2-1-3-17-4-6-18(7-5-17)19-8-10-20(11-9-19)21-12-14-22(24)15-13-21/h1,3,12-15,17-20H,2,4-11,16H2/b3-1+. The van der Waals surface area contributed by atoms with E-state index < -0.39 is 0 Å². The Morgan fingerprint density at radius 2 is 1.42 bits per heavy atom. The molecule has 0 aromatic heterocycles. The minimum absolute atomic E-state index is 0.134. The molecule has 1 aromatic rings. The third-order valence-electron chi connectivity index (χ3n) is 6.28. The number of halogens is 2. The largest absolute Gasteiger partial charge is 0.251 e. The molecular weight excluding hydrogens is 302 g/mol. The zero-order chi connectivity index (χ0) is 16.8. The van der Waals surface area contributed by atoms with Gasteiger partial charge in [-0.05, 0) is 99.2 Å². The van der Waals surface area contributed by atoms with Crippen LogP contribution in [0.25, 0.3) is 0 Å². The number of hydrogen-bond acceptors (Lipinski definition) is 0. The lowest BCUT2D eigenvalue weighted by Crippen LogP contribution is -2.25. The molecule has 1 aromatic carbocycles. The van der Waals surface area contributed by atoms with E-state index in [1.807, 2.05) is 18.2 Å². The molecule has 0 spiro atoms. The van der Waals surface area contributed by atoms with Gasteiger partial charge in [0, 0.05) is 0 Å². The lowest BCUT2D eigenvalue weighted by atomic mass is 9.68. The fraction of sp³-hybridized carbons (Fsp3) is 0.636. The molecule has 0 nitrogen and oxygen atoms in total. The number of benzene rings is 1. The van der Waals surface area contributed by atoms with Crippen LogP contribution in [0.2, 0.25) is 0 Å². The van der Waals surface area contributed by atoms with Crippen LogP contribution in [0.1, 0.15) is 69.3 Å². The van der Waals surface area contributed by atoms with Crippen LogP contribution in [-0.4, -0.2) is 6.67 Å². The van der Waals surface area contributed by atoms with E-state index in [4.69, 9.17) is 0 Å². The second-order valence-corrected chi connectivity index (χ2v) is 7.74. The summed E-state index contributed by atoms with van der Waals surface area (Å²) in [6, 6.07) is 7.13. The summed E-state index contributed by atoms with van der Waals surface area (Å²) in [7, 11) is 0. The van der Waals surface area contributed by atoms with Gasteiger partial charge < -0.3 is 0 Å². The summed E-state index contributed by atoms with van der Waals surface area (Å²) in [4.78, 5) is 0. The molecule has 0 N–H and O–H groups in total. The van der Waals surface area contributed by atoms with E-state index in [-0.39, 0.29) is 12.5 Å². The first kappa shape index (κ1) is 17.6. The molecule has 0 atom stereocenters. The molecule has 2 fully saturated rings. The molecule has 0 saturated heterocycles. The zero-order valence-electron chi connectivity index (χ0n) is 14.6. The monoisotopic (exact) mass is 332 g/mol. The molecule has 0 radical (unpaired) electrons. The van der Waals surface area contributed by atoms with Crippen molar-refractivity contribution in [3.8, 4) is 0 Å². The molecule has 0 heterocycles. The van der Waals surface area contributed by atoms with Crippen molar-refractivity contribution in [2.75, 3.05) is 6.67 Å². The number of rotatable bonds is 5. The van der Waals surface area contributed by atoms with Crippen LogP contribution in [0, 0.1) is 23.6 Å². The normalized spacial score (nSPS) is 31.4. The Balaban J connectivity index is 1.43. The molecule has 2 saturated carbocycles. The highest BCUT2D eigenvalue weighted by Crippen LogP contribution is 2.44. The zero-order valence-corrected chi connectivity index (χ0v) is 14.6. The molecule has 0 aliphatic heterocycles. The van der Waals surface area contributed by atoms with Crippen molar-refractivity contribution in [2.24, 2.45) is 17.8 Å². The average molecular weight is 332 g/mol. The van der Waals surface area contributed by atoms with Crippen molar-refractivity contribution >= 4 is 0 Å². The Morgan fingerprint density at radius 3 is 2.00 bits per heavy atom. The van der Waals surface area contributed by atoms with Crippen LogP contribution in [0.3, 0.4) is 0 Å². The van der Waals surface area contributed by atoms with E-state index in [2.05, 4.69) is 6.08 Å². The Bertz CT molecular complexity index is 503. The molecule has 0 amide bonds. The van der Waals surface area contributed by atoms with E-state index in [9.17, 15) is 8.78 Å². The summed E-state index contributed by atoms with van der Waals surface area (Å²) in [6.45, 7) is -0.233. The Kier molecular flexibility index (Phi) is 6.45. The molecule has 132 valence electrons. The van der Waals surface area contributed by atoms with Crippen molar-refractivity contribution in [1.82, 2.24) is 0 Å². The third-order valence-corrected chi connectivity index (χ3v) is 6.28. The van der Waals surface area contributed by atoms with E-state index in [1.54, 1.807) is 12.1 Å². The first-order valence-corrected chi connectivity index (χ1v) is 9.74. The highest BCUT2D eigenvalue weighted by atomic mass is 19.1. The fourth-order valence-electron chi connectivity index (χ4n) is 4.82. The van der Waals surface area contributed by atoms with Gasteiger partial charge >= 0.3 is 0 Å². The number of alkyl halides is 1. The summed E-state index contributed by atoms with van der Waals surface area (Å²) in [5.74, 6) is 2.96. The maximum Gasteiger partial charge on any atom is 0.123 e. The van der Waals surface area contributed by atoms with Gasteiger partial charge in [0.15, 0.2) is 0 Å². The van der Waals surface area contributed by atoms with Gasteiger partial charge in [-0.2, -0.15) is 0 Å². The highest BCUT2D eigenvalue weighted by Gasteiger charge is 2.30. The Hall–Kier alpha value is -1.18. The predicted octanol–water partition coefficient (Wildman–Crippen LogP) is 6.82. The van der Waals surface area contributed by atoms with Crippen molar-refractivity contribution in [1.29, 1.82) is 0 Å². The van der Waals surface area contributed by atoms with Gasteiger partial charge in [-0.25, -0.2) is 4.39 Å². The van der Waals surface area contributed by atoms with Gasteiger partial charge in [0.1, 0.15) is 5.82 Å². The van der Waals surface area contributed by atoms with Gasteiger partial charge in [-0.1, -0.05) is 24.3 Å². The molecule has 2 aliphatic carbocycles. The second-order valence-electron chi connectivity index (χ2n) is 7.74. The van der Waals surface area contributed by atoms with Gasteiger partial charge in [0.25, 0.3) is 0 Å². The quantitative estimate of drug-likeness (QED) is 0.519. The summed E-state index contributed by atoms with van der Waals surface area (Å²) in [5.41, 5.74) is 1.32. The first-order chi connectivity index (χ1) is 11.8. The minimum atomic E-state index is -0.233. The Labute approximate surface area is 145 Å². The molecule has 24 heavy (non-hydrogen) atoms. The summed E-state index contributed by atoms with van der Waals surface area (Å²) >= 11 is 0. The molecule has 2 heteroatoms. The van der Waals surface area contributed by atoms with Crippen molar-refractivity contribution in [3.63, 3.8) is 0 Å². The van der Waals surface area contributed by atoms with Crippen LogP contribution in [-0.2, 0) is 0 Å². The Morgan fingerprint density at radius 1 is 0.833 bits per heavy atom. The first-order valence-electron chi connectivity index (χ1n) is 9.74. The second kappa shape index (κ2) is 8.78. The van der Waals surface area contributed by atoms with Gasteiger partial charge in [-0.3, -0.25) is 4.39 Å². The fourth-order valence-corrected chi connectivity index (χ4v) is 4.82. The van der Waals surface area contributed by atoms with Crippen LogP contribution in [0.5, 0.6) is 0 Å². The maximum absolute atomic E-state index is 13.1. The lowest BCUT2D eigenvalue weighted by Gasteiger charge is -2.37. The van der Waals surface area contributed by atoms with E-state index in [0.29, 0.717) is 18.3 Å². The van der Waals surface area contributed by atoms with Crippen LogP contribution in [0.15, 0.2) is 36.4 Å². The molecule has 3 rings (SSSR count). The van der Waals surface area contributed by atoms with Gasteiger partial charge in [0.2, 0.25) is 0 Å². The van der Waals surface area contributed by atoms with Crippen LogP contribution >= 0.6 is 0 Å². The topological polar surface area (TPSA) is 0 Å². The lowest BCUT2D eigenvalue weighted by molar-refractivity contribution is 0.171. The highest BCUT2D eigenvalue weighted by molar-refractivity contribution is 5.21. The summed E-state index contributed by atoms with van der Waals surface area (Å²) in [6.07, 6.45) is 15.3. The van der Waals surface area contributed by atoms with E-state index in [0.717, 1.165) is 11.8 Å². The van der Waals surface area contributed by atoms with Crippen LogP contribution in [0.4, 0.5) is 8.78 Å². The molecule has 0 bridgehead atoms. The summed E-state index contributed by atoms with van der Waals surface area (Å²) < 4.78 is 25.2. The number of hydrogen-bond donors (Lipinski definition) is 0. The van der Waals surface area contributed by atoms with Crippen molar-refractivity contribution in [2.45, 2.75) is 63.7 Å². The maximum atomic E-state index is 13.1. The van der Waals surface area contributed by atoms with Gasteiger partial charge in [-0.15, -0.1) is 0 Å². The van der Waals surface area contributed by atoms with Gasteiger partial charge in [0.05, 0.1) is 6.67 Å². The smallest absolute Gasteiger partial charge is 0.123 e. The summed E-state index contributed by atoms with van der Waals surface area (Å²) in [5, 5.41) is 0. The van der Waals surface area contributed by atoms with Crippen molar-refractivity contribution < 1.29 is 8.78 Å². The average Bonchev–Trinajstić information content (AvgIpc) is 2.63. The van der Waals surface area contributed by atoms with E-state index >= 15 is 0 Å². The van der Waals surface area contributed by atoms with E-state index in [1.165, 1.54) is 56.9 Å². The van der Waals surface area contributed by atoms with Crippen LogP contribution < -0.4 is 0 Å². The molecular formula is C22H30F2. The number of allylic oxidation sites excluding steroid dienone is 2. The third kappa shape index (κ3) is 4.68. The van der Waals surface area contributed by atoms with Crippen molar-refractivity contribution in [3.05, 3.63) is 47.8 Å². The minimum Gasteiger partial charge on any atom is -0.251 e.